The molecule has 0 fully saturated rings. The van der Waals surface area contributed by atoms with Gasteiger partial charge in [0.2, 0.25) is 5.82 Å². The number of benzene rings is 1. The predicted octanol–water partition coefficient (Wildman–Crippen LogP) is 7.23. The van der Waals surface area contributed by atoms with Crippen molar-refractivity contribution in [3.63, 3.8) is 0 Å². The van der Waals surface area contributed by atoms with Gasteiger partial charge in [-0.2, -0.15) is 4.39 Å². The number of hydrogen-bond acceptors (Lipinski definition) is 3. The highest BCUT2D eigenvalue weighted by atomic mass is 19.2. The number of nitrogens with zero attached hydrogens (tertiary/aromatic N) is 2. The van der Waals surface area contributed by atoms with E-state index in [1.165, 1.54) is 44.7 Å². The molecule has 6 heteroatoms. The first-order valence-corrected chi connectivity index (χ1v) is 11.1. The lowest BCUT2D eigenvalue weighted by Crippen LogP contribution is -2.03. The van der Waals surface area contributed by atoms with Crippen LogP contribution in [0.3, 0.4) is 0 Å². The molecule has 0 N–H and O–H groups in total. The lowest BCUT2D eigenvalue weighted by molar-refractivity contribution is 0.285. The molecule has 1 unspecified atom stereocenters. The first-order valence-electron chi connectivity index (χ1n) is 11.1. The number of alkyl halides is 1. The van der Waals surface area contributed by atoms with Gasteiger partial charge >= 0.3 is 0 Å². The van der Waals surface area contributed by atoms with Gasteiger partial charge in [-0.05, 0) is 50.3 Å². The zero-order valence-electron chi connectivity index (χ0n) is 18.1. The van der Waals surface area contributed by atoms with E-state index < -0.39 is 17.8 Å². The summed E-state index contributed by atoms with van der Waals surface area (Å²) in [7, 11) is 0. The van der Waals surface area contributed by atoms with Crippen LogP contribution in [0.1, 0.15) is 77.2 Å². The summed E-state index contributed by atoms with van der Waals surface area (Å²) in [5.74, 6) is -1.99. The van der Waals surface area contributed by atoms with Crippen LogP contribution in [0.15, 0.2) is 24.5 Å². The second-order valence-electron chi connectivity index (χ2n) is 7.80. The van der Waals surface area contributed by atoms with Gasteiger partial charge in [-0.25, -0.2) is 18.7 Å². The Bertz CT molecular complexity index is 751. The van der Waals surface area contributed by atoms with Crippen molar-refractivity contribution in [1.29, 1.82) is 0 Å². The van der Waals surface area contributed by atoms with E-state index in [1.54, 1.807) is 12.4 Å². The van der Waals surface area contributed by atoms with Crippen molar-refractivity contribution in [2.45, 2.75) is 84.2 Å². The van der Waals surface area contributed by atoms with Gasteiger partial charge in [-0.1, -0.05) is 45.4 Å². The van der Waals surface area contributed by atoms with E-state index in [0.717, 1.165) is 24.8 Å². The summed E-state index contributed by atoms with van der Waals surface area (Å²) in [6, 6.07) is 2.87. The van der Waals surface area contributed by atoms with Crippen LogP contribution in [0.5, 0.6) is 5.75 Å². The maximum atomic E-state index is 14.5. The van der Waals surface area contributed by atoms with E-state index >= 15 is 0 Å². The predicted molar refractivity (Wildman–Crippen MR) is 114 cm³/mol. The third kappa shape index (κ3) is 7.96. The average molecular weight is 423 g/mol. The number of aromatic nitrogens is 2. The zero-order valence-corrected chi connectivity index (χ0v) is 18.1. The molecule has 0 aliphatic carbocycles. The molecule has 166 valence electrons. The van der Waals surface area contributed by atoms with E-state index in [1.807, 2.05) is 0 Å². The van der Waals surface area contributed by atoms with Crippen molar-refractivity contribution >= 4 is 0 Å². The Morgan fingerprint density at radius 1 is 0.900 bits per heavy atom. The Morgan fingerprint density at radius 3 is 2.23 bits per heavy atom. The summed E-state index contributed by atoms with van der Waals surface area (Å²) >= 11 is 0. The minimum absolute atomic E-state index is 0.000274. The molecule has 0 aliphatic rings. The van der Waals surface area contributed by atoms with Gasteiger partial charge in [-0.15, -0.1) is 0 Å². The molecule has 0 saturated carbocycles. The second kappa shape index (κ2) is 13.2. The largest absolute Gasteiger partial charge is 0.490 e. The topological polar surface area (TPSA) is 35.0 Å². The van der Waals surface area contributed by atoms with Crippen LogP contribution in [0.4, 0.5) is 13.2 Å². The highest BCUT2D eigenvalue weighted by Crippen LogP contribution is 2.28. The molecule has 2 aromatic rings. The van der Waals surface area contributed by atoms with E-state index in [2.05, 4.69) is 16.9 Å². The Kier molecular flexibility index (Phi) is 10.7. The lowest BCUT2D eigenvalue weighted by Gasteiger charge is -2.10. The molecule has 0 saturated heterocycles. The lowest BCUT2D eigenvalue weighted by atomic mass is 10.1. The van der Waals surface area contributed by atoms with Crippen molar-refractivity contribution < 1.29 is 17.9 Å². The van der Waals surface area contributed by atoms with Gasteiger partial charge < -0.3 is 4.74 Å². The maximum Gasteiger partial charge on any atom is 0.201 e. The summed E-state index contributed by atoms with van der Waals surface area (Å²) in [6.45, 7) is 4.08. The van der Waals surface area contributed by atoms with Crippen LogP contribution in [-0.4, -0.2) is 22.7 Å². The summed E-state index contributed by atoms with van der Waals surface area (Å²) in [6.07, 6.45) is 12.0. The van der Waals surface area contributed by atoms with E-state index in [0.29, 0.717) is 25.9 Å². The summed E-state index contributed by atoms with van der Waals surface area (Å²) in [5.41, 5.74) is 0.842. The molecular formula is C24H33F3N2O. The molecular weight excluding hydrogens is 389 g/mol. The van der Waals surface area contributed by atoms with Gasteiger partial charge in [-0.3, -0.25) is 0 Å². The Labute approximate surface area is 178 Å². The second-order valence-corrected chi connectivity index (χ2v) is 7.80. The van der Waals surface area contributed by atoms with Crippen LogP contribution in [0.25, 0.3) is 11.4 Å². The monoisotopic (exact) mass is 422 g/mol. The Morgan fingerprint density at radius 2 is 1.57 bits per heavy atom. The fourth-order valence-corrected chi connectivity index (χ4v) is 3.27. The van der Waals surface area contributed by atoms with E-state index in [9.17, 15) is 13.2 Å². The van der Waals surface area contributed by atoms with Gasteiger partial charge in [0.25, 0.3) is 0 Å². The van der Waals surface area contributed by atoms with Crippen molar-refractivity contribution in [2.75, 3.05) is 6.61 Å². The maximum absolute atomic E-state index is 14.5. The summed E-state index contributed by atoms with van der Waals surface area (Å²) in [4.78, 5) is 8.29. The van der Waals surface area contributed by atoms with Crippen LogP contribution < -0.4 is 4.74 Å². The fraction of sp³-hybridized carbons (Fsp3) is 0.583. The molecule has 3 nitrogen and oxygen atoms in total. The Hall–Kier alpha value is -2.11. The summed E-state index contributed by atoms with van der Waals surface area (Å²) < 4.78 is 47.2. The molecule has 1 heterocycles. The van der Waals surface area contributed by atoms with Gasteiger partial charge in [0.15, 0.2) is 17.4 Å². The smallest absolute Gasteiger partial charge is 0.201 e. The number of aryl methyl sites for hydroxylation is 1. The third-order valence-electron chi connectivity index (χ3n) is 5.07. The molecule has 1 aromatic carbocycles. The fourth-order valence-electron chi connectivity index (χ4n) is 3.27. The minimum atomic E-state index is -1.01. The third-order valence-corrected chi connectivity index (χ3v) is 5.07. The number of unbranched alkanes of at least 4 members (excludes halogenated alkanes) is 6. The Balaban J connectivity index is 1.86. The molecule has 1 atom stereocenters. The minimum Gasteiger partial charge on any atom is -0.490 e. The van der Waals surface area contributed by atoms with Gasteiger partial charge in [0.05, 0.1) is 18.3 Å². The van der Waals surface area contributed by atoms with Gasteiger partial charge in [0, 0.05) is 12.4 Å². The van der Waals surface area contributed by atoms with Crippen LogP contribution in [-0.2, 0) is 6.42 Å². The average Bonchev–Trinajstić information content (AvgIpc) is 2.73. The molecule has 0 aliphatic heterocycles. The standard InChI is InChI=1S/C24H33F3N2O/c1-3-4-5-6-7-8-9-15-30-21-14-13-20(22(26)23(21)27)24-28-16-19(17-29-24)12-10-11-18(2)25/h13-14,16-18H,3-12,15H2,1-2H3. The highest BCUT2D eigenvalue weighted by Gasteiger charge is 2.17. The molecule has 0 amide bonds. The molecule has 0 spiro atoms. The van der Waals surface area contributed by atoms with Crippen LogP contribution in [0, 0.1) is 11.6 Å². The van der Waals surface area contributed by atoms with Crippen molar-refractivity contribution in [3.8, 4) is 17.1 Å². The van der Waals surface area contributed by atoms with Crippen LogP contribution in [0.2, 0.25) is 0 Å². The van der Waals surface area contributed by atoms with Crippen molar-refractivity contribution in [3.05, 3.63) is 41.7 Å². The first kappa shape index (κ1) is 24.2. The van der Waals surface area contributed by atoms with Crippen LogP contribution >= 0.6 is 0 Å². The van der Waals surface area contributed by atoms with E-state index in [4.69, 9.17) is 4.74 Å². The first-order chi connectivity index (χ1) is 14.5. The molecule has 0 bridgehead atoms. The SMILES string of the molecule is CCCCCCCCCOc1ccc(-c2ncc(CCCC(C)F)cn2)c(F)c1F. The van der Waals surface area contributed by atoms with Crippen molar-refractivity contribution in [2.24, 2.45) is 0 Å². The summed E-state index contributed by atoms with van der Waals surface area (Å²) in [5, 5.41) is 0. The number of rotatable bonds is 14. The number of halogens is 3. The molecule has 0 radical (unpaired) electrons. The molecule has 1 aromatic heterocycles. The highest BCUT2D eigenvalue weighted by molar-refractivity contribution is 5.57. The number of ether oxygens (including phenoxy) is 1. The zero-order chi connectivity index (χ0) is 21.8. The van der Waals surface area contributed by atoms with E-state index in [-0.39, 0.29) is 17.1 Å². The van der Waals surface area contributed by atoms with Crippen molar-refractivity contribution in [1.82, 2.24) is 9.97 Å². The normalized spacial score (nSPS) is 12.2. The molecule has 30 heavy (non-hydrogen) atoms. The number of hydrogen-bond donors (Lipinski definition) is 0. The molecule has 2 rings (SSSR count). The quantitative estimate of drug-likeness (QED) is 0.301. The van der Waals surface area contributed by atoms with Gasteiger partial charge in [0.1, 0.15) is 0 Å².